The molecule has 0 aliphatic rings. The maximum Gasteiger partial charge on any atom is 0.339 e. The van der Waals surface area contributed by atoms with Crippen LogP contribution in [0.2, 0.25) is 0 Å². The molecule has 3 nitrogen and oxygen atoms in total. The lowest BCUT2D eigenvalue weighted by atomic mass is 10.2. The first-order valence-corrected chi connectivity index (χ1v) is 7.68. The maximum atomic E-state index is 11.7. The highest BCUT2D eigenvalue weighted by Crippen LogP contribution is 2.38. The van der Waals surface area contributed by atoms with E-state index in [2.05, 4.69) is 15.9 Å². The fourth-order valence-corrected chi connectivity index (χ4v) is 2.71. The molecule has 0 aromatic heterocycles. The lowest BCUT2D eigenvalue weighted by Gasteiger charge is -2.15. The number of esters is 1. The van der Waals surface area contributed by atoms with Crippen LogP contribution in [0.4, 0.5) is 0 Å². The Hall–Kier alpha value is -0.390. The van der Waals surface area contributed by atoms with Gasteiger partial charge in [0.25, 0.3) is 0 Å². The van der Waals surface area contributed by atoms with Gasteiger partial charge in [-0.3, -0.25) is 0 Å². The van der Waals surface area contributed by atoms with Crippen molar-refractivity contribution in [1.82, 2.24) is 0 Å². The molecule has 1 unspecified atom stereocenters. The van der Waals surface area contributed by atoms with Crippen LogP contribution < -0.4 is 4.74 Å². The Morgan fingerprint density at radius 1 is 1.56 bits per heavy atom. The molecule has 0 fully saturated rings. The predicted molar refractivity (Wildman–Crippen MR) is 78.1 cm³/mol. The van der Waals surface area contributed by atoms with Gasteiger partial charge in [0.2, 0.25) is 0 Å². The molecule has 1 aromatic carbocycles. The van der Waals surface area contributed by atoms with Crippen LogP contribution in [0, 0.1) is 0 Å². The van der Waals surface area contributed by atoms with Gasteiger partial charge in [-0.2, -0.15) is 0 Å². The van der Waals surface area contributed by atoms with E-state index in [0.717, 1.165) is 9.37 Å². The molecule has 0 aliphatic carbocycles. The first-order valence-electron chi connectivity index (χ1n) is 5.23. The molecule has 100 valence electrons. The van der Waals surface area contributed by atoms with Crippen molar-refractivity contribution in [2.45, 2.75) is 17.2 Å². The summed E-state index contributed by atoms with van der Waals surface area (Å²) in [5.41, 5.74) is 0.491. The third-order valence-corrected chi connectivity index (χ3v) is 3.69. The standard InChI is InChI=1S/C12H14BrClO3S/c1-7(14)6-17-10-9(13)5-4-8(11(10)18-3)12(15)16-2/h4-5,7H,6H2,1-3H3. The Labute approximate surface area is 124 Å². The van der Waals surface area contributed by atoms with Crippen LogP contribution in [0.1, 0.15) is 17.3 Å². The average Bonchev–Trinajstić information content (AvgIpc) is 2.35. The summed E-state index contributed by atoms with van der Waals surface area (Å²) < 4.78 is 11.2. The first-order chi connectivity index (χ1) is 8.51. The van der Waals surface area contributed by atoms with Crippen LogP contribution in [-0.4, -0.2) is 31.3 Å². The fourth-order valence-electron chi connectivity index (χ4n) is 1.34. The topological polar surface area (TPSA) is 35.5 Å². The first kappa shape index (κ1) is 15.7. The van der Waals surface area contributed by atoms with Crippen molar-refractivity contribution in [1.29, 1.82) is 0 Å². The highest BCUT2D eigenvalue weighted by atomic mass is 79.9. The second-order valence-electron chi connectivity index (χ2n) is 3.54. The van der Waals surface area contributed by atoms with E-state index in [9.17, 15) is 4.79 Å². The number of rotatable bonds is 5. The molecule has 0 heterocycles. The maximum absolute atomic E-state index is 11.7. The van der Waals surface area contributed by atoms with Gasteiger partial charge in [-0.15, -0.1) is 23.4 Å². The third-order valence-electron chi connectivity index (χ3n) is 2.13. The lowest BCUT2D eigenvalue weighted by Crippen LogP contribution is -2.10. The highest BCUT2D eigenvalue weighted by Gasteiger charge is 2.18. The van der Waals surface area contributed by atoms with Crippen LogP contribution in [0.25, 0.3) is 0 Å². The molecule has 0 radical (unpaired) electrons. The van der Waals surface area contributed by atoms with E-state index in [-0.39, 0.29) is 11.3 Å². The zero-order chi connectivity index (χ0) is 13.7. The van der Waals surface area contributed by atoms with Crippen molar-refractivity contribution < 1.29 is 14.3 Å². The number of carbonyl (C=O) groups is 1. The minimum atomic E-state index is -0.379. The number of carbonyl (C=O) groups excluding carboxylic acids is 1. The summed E-state index contributed by atoms with van der Waals surface area (Å²) in [6.07, 6.45) is 1.88. The van der Waals surface area contributed by atoms with E-state index in [1.807, 2.05) is 13.2 Å². The summed E-state index contributed by atoms with van der Waals surface area (Å²) >= 11 is 10.7. The van der Waals surface area contributed by atoms with Crippen LogP contribution in [-0.2, 0) is 4.74 Å². The molecule has 0 N–H and O–H groups in total. The Morgan fingerprint density at radius 3 is 2.72 bits per heavy atom. The molecule has 6 heteroatoms. The summed E-state index contributed by atoms with van der Waals surface area (Å²) in [6.45, 7) is 2.22. The molecule has 0 spiro atoms. The molecular weight excluding hydrogens is 340 g/mol. The van der Waals surface area contributed by atoms with Crippen LogP contribution >= 0.6 is 39.3 Å². The average molecular weight is 354 g/mol. The molecule has 0 bridgehead atoms. The van der Waals surface area contributed by atoms with E-state index in [4.69, 9.17) is 21.1 Å². The summed E-state index contributed by atoms with van der Waals surface area (Å²) in [7, 11) is 1.36. The Kier molecular flexibility index (Phi) is 6.32. The number of hydrogen-bond acceptors (Lipinski definition) is 4. The number of methoxy groups -OCH3 is 1. The van der Waals surface area contributed by atoms with E-state index in [0.29, 0.717) is 17.9 Å². The fraction of sp³-hybridized carbons (Fsp3) is 0.417. The van der Waals surface area contributed by atoms with Crippen molar-refractivity contribution in [2.75, 3.05) is 20.0 Å². The van der Waals surface area contributed by atoms with E-state index in [1.165, 1.54) is 18.9 Å². The van der Waals surface area contributed by atoms with E-state index < -0.39 is 0 Å². The molecule has 1 rings (SSSR count). The number of halogens is 2. The van der Waals surface area contributed by atoms with E-state index >= 15 is 0 Å². The number of hydrogen-bond donors (Lipinski definition) is 0. The quantitative estimate of drug-likeness (QED) is 0.456. The zero-order valence-electron chi connectivity index (χ0n) is 10.3. The smallest absolute Gasteiger partial charge is 0.339 e. The third kappa shape index (κ3) is 3.80. The van der Waals surface area contributed by atoms with Gasteiger partial charge in [0.05, 0.1) is 27.4 Å². The summed E-state index contributed by atoms with van der Waals surface area (Å²) in [6, 6.07) is 3.47. The van der Waals surface area contributed by atoms with E-state index in [1.54, 1.807) is 12.1 Å². The SMILES string of the molecule is COC(=O)c1ccc(Br)c(OCC(C)Cl)c1SC. The molecule has 0 saturated carbocycles. The predicted octanol–water partition coefficient (Wildman–Crippen LogP) is 3.96. The van der Waals surface area contributed by atoms with Gasteiger partial charge < -0.3 is 9.47 Å². The Bertz CT molecular complexity index is 438. The largest absolute Gasteiger partial charge is 0.490 e. The van der Waals surface area contributed by atoms with Gasteiger partial charge in [0, 0.05) is 0 Å². The monoisotopic (exact) mass is 352 g/mol. The van der Waals surface area contributed by atoms with Crippen molar-refractivity contribution >= 4 is 45.3 Å². The van der Waals surface area contributed by atoms with Crippen molar-refractivity contribution in [2.24, 2.45) is 0 Å². The highest BCUT2D eigenvalue weighted by molar-refractivity contribution is 9.10. The normalized spacial score (nSPS) is 12.1. The molecule has 0 saturated heterocycles. The van der Waals surface area contributed by atoms with Gasteiger partial charge >= 0.3 is 5.97 Å². The summed E-state index contributed by atoms with van der Waals surface area (Å²) in [5.74, 6) is 0.244. The van der Waals surface area contributed by atoms with Crippen LogP contribution in [0.5, 0.6) is 5.75 Å². The van der Waals surface area contributed by atoms with Crippen LogP contribution in [0.3, 0.4) is 0 Å². The van der Waals surface area contributed by atoms with Gasteiger partial charge in [-0.1, -0.05) is 0 Å². The van der Waals surface area contributed by atoms with Crippen LogP contribution in [0.15, 0.2) is 21.5 Å². The van der Waals surface area contributed by atoms with Gasteiger partial charge in [0.15, 0.2) is 0 Å². The number of benzene rings is 1. The minimum absolute atomic E-state index is 0.103. The summed E-state index contributed by atoms with van der Waals surface area (Å²) in [4.78, 5) is 12.4. The number of alkyl halides is 1. The molecule has 1 aromatic rings. The summed E-state index contributed by atoms with van der Waals surface area (Å²) in [5, 5.41) is -0.103. The zero-order valence-corrected chi connectivity index (χ0v) is 13.5. The molecule has 0 aliphatic heterocycles. The van der Waals surface area contributed by atoms with Gasteiger partial charge in [-0.25, -0.2) is 4.79 Å². The molecule has 18 heavy (non-hydrogen) atoms. The molecule has 1 atom stereocenters. The Morgan fingerprint density at radius 2 is 2.22 bits per heavy atom. The second kappa shape index (κ2) is 7.26. The lowest BCUT2D eigenvalue weighted by molar-refractivity contribution is 0.0596. The van der Waals surface area contributed by atoms with Gasteiger partial charge in [0.1, 0.15) is 12.4 Å². The molecule has 0 amide bonds. The Balaban J connectivity index is 3.17. The number of thioether (sulfide) groups is 1. The number of ether oxygens (including phenoxy) is 2. The van der Waals surface area contributed by atoms with Crippen molar-refractivity contribution in [3.8, 4) is 5.75 Å². The van der Waals surface area contributed by atoms with Gasteiger partial charge in [-0.05, 0) is 41.2 Å². The second-order valence-corrected chi connectivity index (χ2v) is 5.96. The minimum Gasteiger partial charge on any atom is -0.490 e. The van der Waals surface area contributed by atoms with Crippen molar-refractivity contribution in [3.63, 3.8) is 0 Å². The van der Waals surface area contributed by atoms with Crippen molar-refractivity contribution in [3.05, 3.63) is 22.2 Å². The molecular formula is C12H14BrClO3S.